The predicted molar refractivity (Wildman–Crippen MR) is 88.9 cm³/mol. The van der Waals surface area contributed by atoms with Gasteiger partial charge in [0.15, 0.2) is 5.69 Å². The van der Waals surface area contributed by atoms with Crippen LogP contribution in [-0.4, -0.2) is 33.1 Å². The summed E-state index contributed by atoms with van der Waals surface area (Å²) in [7, 11) is 0.594. The molecule has 0 bridgehead atoms. The number of carboxylic acid groups (broad SMARTS) is 1. The van der Waals surface area contributed by atoms with Crippen molar-refractivity contribution in [3.63, 3.8) is 0 Å². The predicted octanol–water partition coefficient (Wildman–Crippen LogP) is 4.31. The van der Waals surface area contributed by atoms with Gasteiger partial charge in [-0.05, 0) is 18.2 Å². The zero-order chi connectivity index (χ0) is 24.6. The van der Waals surface area contributed by atoms with Crippen molar-refractivity contribution >= 4 is 23.5 Å². The molecule has 0 aliphatic heterocycles. The van der Waals surface area contributed by atoms with Gasteiger partial charge in [-0.1, -0.05) is 0 Å². The van der Waals surface area contributed by atoms with E-state index in [2.05, 4.69) is 5.10 Å². The first-order chi connectivity index (χ1) is 14.5. The average Bonchev–Trinajstić information content (AvgIpc) is 2.97. The number of hydrogen-bond acceptors (Lipinski definition) is 4. The summed E-state index contributed by atoms with van der Waals surface area (Å²) in [5, 5.41) is 23.6. The Morgan fingerprint density at radius 1 is 1.09 bits per heavy atom. The molecule has 1 aromatic heterocycles. The average molecular weight is 471 g/mol. The molecule has 3 N–H and O–H groups in total. The summed E-state index contributed by atoms with van der Waals surface area (Å²) in [6.07, 6.45) is -13.8. The molecule has 0 fully saturated rings. The second kappa shape index (κ2) is 7.98. The van der Waals surface area contributed by atoms with Gasteiger partial charge in [0.2, 0.25) is 0 Å². The fourth-order valence-electron chi connectivity index (χ4n) is 2.47. The van der Waals surface area contributed by atoms with Gasteiger partial charge in [0.1, 0.15) is 17.5 Å². The van der Waals surface area contributed by atoms with Crippen LogP contribution in [0, 0.1) is 11.3 Å². The molecule has 0 radical (unpaired) electrons. The van der Waals surface area contributed by atoms with E-state index in [1.807, 2.05) is 0 Å². The highest BCUT2D eigenvalue weighted by molar-refractivity contribution is 6.05. The number of alkyl halides is 8. The van der Waals surface area contributed by atoms with Crippen molar-refractivity contribution in [3.05, 3.63) is 40.6 Å². The van der Waals surface area contributed by atoms with Gasteiger partial charge in [-0.3, -0.25) is 14.8 Å². The lowest BCUT2D eigenvalue weighted by Crippen LogP contribution is -2.36. The maximum Gasteiger partial charge on any atom is 0.459 e. The first-order valence-electron chi connectivity index (χ1n) is 7.95. The Morgan fingerprint density at radius 2 is 1.69 bits per heavy atom. The number of anilines is 2. The third-order valence-corrected chi connectivity index (χ3v) is 3.86. The van der Waals surface area contributed by atoms with Crippen LogP contribution in [0.4, 0.5) is 51.4 Å². The van der Waals surface area contributed by atoms with Gasteiger partial charge in [0, 0.05) is 12.6 Å². The molecule has 0 aliphatic carbocycles. The number of nitriles is 1. The summed E-state index contributed by atoms with van der Waals surface area (Å²) in [5.41, 5.74) is -6.44. The van der Waals surface area contributed by atoms with Crippen LogP contribution >= 0.6 is 0 Å². The fourth-order valence-corrected chi connectivity index (χ4v) is 2.47. The molecule has 2 amide bonds. The summed E-state index contributed by atoms with van der Waals surface area (Å²) in [6, 6.07) is 4.14. The van der Waals surface area contributed by atoms with Crippen LogP contribution in [0.25, 0.3) is 0 Å². The second-order valence-corrected chi connectivity index (χ2v) is 6.02. The van der Waals surface area contributed by atoms with Crippen LogP contribution in [0.3, 0.4) is 0 Å². The second-order valence-electron chi connectivity index (χ2n) is 6.02. The third-order valence-electron chi connectivity index (χ3n) is 3.86. The summed E-state index contributed by atoms with van der Waals surface area (Å²) in [6.45, 7) is 0. The lowest BCUT2D eigenvalue weighted by molar-refractivity contribution is -0.292. The van der Waals surface area contributed by atoms with Gasteiger partial charge in [0.25, 0.3) is 5.91 Å². The van der Waals surface area contributed by atoms with Gasteiger partial charge in [-0.15, -0.1) is 0 Å². The minimum atomic E-state index is -6.41. The third kappa shape index (κ3) is 4.55. The molecule has 0 spiro atoms. The number of hydrogen-bond donors (Lipinski definition) is 3. The number of nitrogens with zero attached hydrogens (tertiary/aromatic N) is 3. The number of benzene rings is 1. The molecule has 2 aromatic rings. The van der Waals surface area contributed by atoms with Crippen molar-refractivity contribution in [1.29, 1.82) is 5.26 Å². The Balaban J connectivity index is 2.58. The molecule has 32 heavy (non-hydrogen) atoms. The van der Waals surface area contributed by atoms with Gasteiger partial charge < -0.3 is 10.4 Å². The number of amides is 2. The Morgan fingerprint density at radius 3 is 2.16 bits per heavy atom. The summed E-state index contributed by atoms with van der Waals surface area (Å²) < 4.78 is 105. The van der Waals surface area contributed by atoms with Crippen LogP contribution in [0.1, 0.15) is 27.2 Å². The van der Waals surface area contributed by atoms with E-state index in [0.29, 0.717) is 7.05 Å². The Labute approximate surface area is 172 Å². The number of carbonyl (C=O) groups is 2. The number of carbonyl (C=O) groups excluding carboxylic acids is 1. The number of aromatic nitrogens is 2. The van der Waals surface area contributed by atoms with Gasteiger partial charge >= 0.3 is 24.4 Å². The largest absolute Gasteiger partial charge is 0.465 e. The van der Waals surface area contributed by atoms with E-state index in [0.717, 1.165) is 18.2 Å². The lowest BCUT2D eigenvalue weighted by Gasteiger charge is -2.19. The van der Waals surface area contributed by atoms with Crippen LogP contribution < -0.4 is 10.6 Å². The minimum absolute atomic E-state index is 0.0181. The molecule has 0 atom stereocenters. The molecule has 1 aromatic carbocycles. The summed E-state index contributed by atoms with van der Waals surface area (Å²) in [4.78, 5) is 23.1. The van der Waals surface area contributed by atoms with Crippen molar-refractivity contribution in [2.24, 2.45) is 7.05 Å². The SMILES string of the molecule is Cn1nc(C(F)(F)C(F)(F)F)c(C(F)(F)F)c1NC(=O)c1ccc(C#N)c(NC(=O)O)c1. The smallest absolute Gasteiger partial charge is 0.459 e. The highest BCUT2D eigenvalue weighted by Gasteiger charge is 2.64. The molecule has 172 valence electrons. The zero-order valence-corrected chi connectivity index (χ0v) is 15.4. The van der Waals surface area contributed by atoms with Crippen molar-refractivity contribution < 1.29 is 49.8 Å². The molecular weight excluding hydrogens is 462 g/mol. The molecular formula is C16H9F8N5O3. The molecule has 0 aliphatic rings. The highest BCUT2D eigenvalue weighted by Crippen LogP contribution is 2.49. The standard InChI is InChI=1S/C16H9F8N5O3/c1-29-11(9(15(19,20)21)10(28-29)14(17,18)16(22,23)24)27-12(30)6-2-3-7(5-25)8(4-6)26-13(31)32/h2-4,26H,1H3,(H,27,30)(H,31,32). The van der Waals surface area contributed by atoms with Gasteiger partial charge in [-0.25, -0.2) is 4.79 Å². The highest BCUT2D eigenvalue weighted by atomic mass is 19.4. The van der Waals surface area contributed by atoms with Crippen LogP contribution in [-0.2, 0) is 19.1 Å². The number of aryl methyl sites for hydroxylation is 1. The van der Waals surface area contributed by atoms with E-state index in [1.54, 1.807) is 16.7 Å². The van der Waals surface area contributed by atoms with Crippen LogP contribution in [0.15, 0.2) is 18.2 Å². The van der Waals surface area contributed by atoms with E-state index in [4.69, 9.17) is 10.4 Å². The van der Waals surface area contributed by atoms with Gasteiger partial charge in [0.05, 0.1) is 11.3 Å². The van der Waals surface area contributed by atoms with E-state index in [-0.39, 0.29) is 10.2 Å². The Bertz CT molecular complexity index is 1110. The Kier molecular flexibility index (Phi) is 6.08. The van der Waals surface area contributed by atoms with E-state index < -0.39 is 58.6 Å². The maximum absolute atomic E-state index is 13.7. The first-order valence-corrected chi connectivity index (χ1v) is 7.95. The summed E-state index contributed by atoms with van der Waals surface area (Å²) in [5.74, 6) is -8.96. The monoisotopic (exact) mass is 471 g/mol. The Hall–Kier alpha value is -3.90. The molecule has 2 rings (SSSR count). The summed E-state index contributed by atoms with van der Waals surface area (Å²) >= 11 is 0. The van der Waals surface area contributed by atoms with Crippen molar-refractivity contribution in [1.82, 2.24) is 9.78 Å². The van der Waals surface area contributed by atoms with E-state index in [1.165, 1.54) is 0 Å². The quantitative estimate of drug-likeness (QED) is 0.575. The first kappa shape index (κ1) is 24.4. The van der Waals surface area contributed by atoms with Crippen molar-refractivity contribution in [2.75, 3.05) is 10.6 Å². The zero-order valence-electron chi connectivity index (χ0n) is 15.4. The normalized spacial score (nSPS) is 12.2. The molecule has 0 unspecified atom stereocenters. The van der Waals surface area contributed by atoms with E-state index >= 15 is 0 Å². The number of halogens is 8. The molecule has 16 heteroatoms. The maximum atomic E-state index is 13.7. The van der Waals surface area contributed by atoms with Crippen molar-refractivity contribution in [3.8, 4) is 6.07 Å². The molecule has 8 nitrogen and oxygen atoms in total. The fraction of sp³-hybridized carbons (Fsp3) is 0.250. The number of nitrogens with one attached hydrogen (secondary N) is 2. The minimum Gasteiger partial charge on any atom is -0.465 e. The van der Waals surface area contributed by atoms with Gasteiger partial charge in [-0.2, -0.15) is 45.5 Å². The van der Waals surface area contributed by atoms with Crippen LogP contribution in [0.5, 0.6) is 0 Å². The molecule has 0 saturated carbocycles. The number of rotatable bonds is 4. The lowest BCUT2D eigenvalue weighted by atomic mass is 10.1. The van der Waals surface area contributed by atoms with Crippen molar-refractivity contribution in [2.45, 2.75) is 18.3 Å². The molecule has 0 saturated heterocycles. The molecule has 1 heterocycles. The van der Waals surface area contributed by atoms with E-state index in [9.17, 15) is 44.7 Å². The van der Waals surface area contributed by atoms with Crippen LogP contribution in [0.2, 0.25) is 0 Å². The topological polar surface area (TPSA) is 120 Å².